The first-order valence-corrected chi connectivity index (χ1v) is 9.57. The fourth-order valence-electron chi connectivity index (χ4n) is 2.83. The molecule has 4 aromatic rings. The summed E-state index contributed by atoms with van der Waals surface area (Å²) in [6, 6.07) is 20.9. The predicted octanol–water partition coefficient (Wildman–Crippen LogP) is 4.86. The molecule has 4 rings (SSSR count). The van der Waals surface area contributed by atoms with Gasteiger partial charge in [0.05, 0.1) is 11.7 Å². The van der Waals surface area contributed by atoms with Crippen molar-refractivity contribution in [2.75, 3.05) is 0 Å². The number of halogens is 1. The summed E-state index contributed by atoms with van der Waals surface area (Å²) >= 11 is 1.35. The second-order valence-electron chi connectivity index (χ2n) is 6.12. The van der Waals surface area contributed by atoms with Crippen LogP contribution < -0.4 is 5.32 Å². The third-order valence-corrected chi connectivity index (χ3v) is 5.11. The fraction of sp³-hybridized carbons (Fsp3) is 0.0455. The lowest BCUT2D eigenvalue weighted by atomic mass is 10.0. The maximum absolute atomic E-state index is 13.1. The van der Waals surface area contributed by atoms with E-state index in [2.05, 4.69) is 15.3 Å². The Balaban J connectivity index is 1.59. The van der Waals surface area contributed by atoms with Crippen molar-refractivity contribution in [3.63, 3.8) is 0 Å². The Labute approximate surface area is 165 Å². The monoisotopic (exact) mass is 389 g/mol. The fourth-order valence-corrected chi connectivity index (χ4v) is 3.63. The third kappa shape index (κ3) is 3.97. The second-order valence-corrected chi connectivity index (χ2v) is 6.97. The Morgan fingerprint density at radius 2 is 1.71 bits per heavy atom. The Morgan fingerprint density at radius 1 is 0.964 bits per heavy atom. The molecule has 0 radical (unpaired) electrons. The van der Waals surface area contributed by atoms with E-state index in [4.69, 9.17) is 0 Å². The van der Waals surface area contributed by atoms with Crippen molar-refractivity contribution in [3.05, 3.63) is 107 Å². The quantitative estimate of drug-likeness (QED) is 0.530. The van der Waals surface area contributed by atoms with Gasteiger partial charge in [0, 0.05) is 17.1 Å². The first-order valence-electron chi connectivity index (χ1n) is 8.69. The number of thiazole rings is 1. The molecule has 0 aliphatic carbocycles. The summed E-state index contributed by atoms with van der Waals surface area (Å²) in [4.78, 5) is 21.7. The van der Waals surface area contributed by atoms with Gasteiger partial charge in [-0.2, -0.15) is 0 Å². The number of carbonyl (C=O) groups is 1. The third-order valence-electron chi connectivity index (χ3n) is 4.22. The van der Waals surface area contributed by atoms with Gasteiger partial charge >= 0.3 is 0 Å². The van der Waals surface area contributed by atoms with E-state index in [-0.39, 0.29) is 17.8 Å². The van der Waals surface area contributed by atoms with Crippen molar-refractivity contribution >= 4 is 17.2 Å². The van der Waals surface area contributed by atoms with Crippen LogP contribution in [0.2, 0.25) is 0 Å². The molecule has 28 heavy (non-hydrogen) atoms. The topological polar surface area (TPSA) is 54.9 Å². The van der Waals surface area contributed by atoms with E-state index in [1.807, 2.05) is 48.5 Å². The zero-order chi connectivity index (χ0) is 19.3. The van der Waals surface area contributed by atoms with Crippen LogP contribution in [-0.4, -0.2) is 15.9 Å². The largest absolute Gasteiger partial charge is 0.338 e. The van der Waals surface area contributed by atoms with Crippen molar-refractivity contribution in [1.29, 1.82) is 0 Å². The molecule has 1 amide bonds. The minimum absolute atomic E-state index is 0.288. The van der Waals surface area contributed by atoms with Crippen LogP contribution in [0.15, 0.2) is 84.4 Å². The van der Waals surface area contributed by atoms with Crippen molar-refractivity contribution in [1.82, 2.24) is 15.3 Å². The number of hydrogen-bond donors (Lipinski definition) is 1. The molecule has 4 nitrogen and oxygen atoms in total. The minimum atomic E-state index is -0.383. The summed E-state index contributed by atoms with van der Waals surface area (Å²) in [5.41, 5.74) is 2.77. The molecule has 1 atom stereocenters. The molecule has 0 aliphatic heterocycles. The summed E-state index contributed by atoms with van der Waals surface area (Å²) in [5, 5.41) is 5.39. The van der Waals surface area contributed by atoms with Crippen LogP contribution >= 0.6 is 11.3 Å². The van der Waals surface area contributed by atoms with E-state index in [0.717, 1.165) is 16.8 Å². The Bertz CT molecular complexity index is 1030. The molecule has 2 heterocycles. The number of benzene rings is 2. The molecule has 0 bridgehead atoms. The van der Waals surface area contributed by atoms with Crippen molar-refractivity contribution in [2.45, 2.75) is 6.04 Å². The smallest absolute Gasteiger partial charge is 0.271 e. The molecule has 0 saturated heterocycles. The highest BCUT2D eigenvalue weighted by Crippen LogP contribution is 2.25. The second kappa shape index (κ2) is 8.10. The van der Waals surface area contributed by atoms with Crippen LogP contribution in [-0.2, 0) is 0 Å². The van der Waals surface area contributed by atoms with Gasteiger partial charge in [0.2, 0.25) is 0 Å². The van der Waals surface area contributed by atoms with Gasteiger partial charge in [0.1, 0.15) is 16.5 Å². The summed E-state index contributed by atoms with van der Waals surface area (Å²) in [7, 11) is 0. The minimum Gasteiger partial charge on any atom is -0.338 e. The number of nitrogens with one attached hydrogen (secondary N) is 1. The van der Waals surface area contributed by atoms with Crippen LogP contribution in [0, 0.1) is 5.82 Å². The van der Waals surface area contributed by atoms with Crippen LogP contribution in [0.5, 0.6) is 0 Å². The first kappa shape index (κ1) is 18.0. The van der Waals surface area contributed by atoms with Gasteiger partial charge in [-0.15, -0.1) is 11.3 Å². The highest BCUT2D eigenvalue weighted by Gasteiger charge is 2.20. The van der Waals surface area contributed by atoms with Gasteiger partial charge in [-0.1, -0.05) is 36.4 Å². The zero-order valence-electron chi connectivity index (χ0n) is 14.7. The summed E-state index contributed by atoms with van der Waals surface area (Å²) in [5.74, 6) is -0.594. The van der Waals surface area contributed by atoms with E-state index < -0.39 is 0 Å². The van der Waals surface area contributed by atoms with E-state index in [1.54, 1.807) is 23.7 Å². The normalized spacial score (nSPS) is 11.8. The number of carbonyl (C=O) groups excluding carboxylic acids is 1. The molecule has 0 spiro atoms. The highest BCUT2D eigenvalue weighted by atomic mass is 32.1. The molecule has 0 unspecified atom stereocenters. The number of aromatic nitrogens is 2. The predicted molar refractivity (Wildman–Crippen MR) is 107 cm³/mol. The van der Waals surface area contributed by atoms with Crippen LogP contribution in [0.3, 0.4) is 0 Å². The van der Waals surface area contributed by atoms with Crippen molar-refractivity contribution in [3.8, 4) is 10.6 Å². The number of hydrogen-bond acceptors (Lipinski definition) is 4. The molecule has 0 saturated carbocycles. The highest BCUT2D eigenvalue weighted by molar-refractivity contribution is 7.13. The van der Waals surface area contributed by atoms with Gasteiger partial charge < -0.3 is 5.32 Å². The molecule has 0 aliphatic rings. The van der Waals surface area contributed by atoms with Crippen LogP contribution in [0.25, 0.3) is 10.6 Å². The van der Waals surface area contributed by atoms with Crippen LogP contribution in [0.4, 0.5) is 4.39 Å². The Morgan fingerprint density at radius 3 is 2.43 bits per heavy atom. The zero-order valence-corrected chi connectivity index (χ0v) is 15.6. The Hall–Kier alpha value is -3.38. The van der Waals surface area contributed by atoms with E-state index >= 15 is 0 Å². The van der Waals surface area contributed by atoms with Gasteiger partial charge in [0.25, 0.3) is 5.91 Å². The maximum atomic E-state index is 13.1. The summed E-state index contributed by atoms with van der Waals surface area (Å²) in [6.45, 7) is 0. The Kier molecular flexibility index (Phi) is 5.21. The van der Waals surface area contributed by atoms with Crippen molar-refractivity contribution < 1.29 is 9.18 Å². The molecule has 138 valence electrons. The van der Waals surface area contributed by atoms with Gasteiger partial charge in [-0.05, 0) is 42.0 Å². The lowest BCUT2D eigenvalue weighted by Gasteiger charge is -2.18. The van der Waals surface area contributed by atoms with E-state index in [1.165, 1.54) is 23.5 Å². The first-order chi connectivity index (χ1) is 13.7. The SMILES string of the molecule is O=C(N[C@H](c1ccccc1)c1ccccn1)c1csc(-c2ccc(F)cc2)n1. The number of pyridine rings is 1. The van der Waals surface area contributed by atoms with Crippen molar-refractivity contribution in [2.24, 2.45) is 0 Å². The number of amides is 1. The lowest BCUT2D eigenvalue weighted by molar-refractivity contribution is 0.0938. The number of nitrogens with zero attached hydrogens (tertiary/aromatic N) is 2. The van der Waals surface area contributed by atoms with Gasteiger partial charge in [-0.3, -0.25) is 9.78 Å². The summed E-state index contributed by atoms with van der Waals surface area (Å²) in [6.07, 6.45) is 1.70. The molecular formula is C22H16FN3OS. The van der Waals surface area contributed by atoms with E-state index in [9.17, 15) is 9.18 Å². The van der Waals surface area contributed by atoms with Crippen LogP contribution in [0.1, 0.15) is 27.8 Å². The molecule has 2 aromatic carbocycles. The summed E-state index contributed by atoms with van der Waals surface area (Å²) < 4.78 is 13.1. The maximum Gasteiger partial charge on any atom is 0.271 e. The standard InChI is InChI=1S/C22H16FN3OS/c23-17-11-9-16(10-12-17)22-25-19(14-28-22)21(27)26-20(15-6-2-1-3-7-15)18-8-4-5-13-24-18/h1-14,20H,(H,26,27)/t20-/m1/s1. The molecule has 2 aromatic heterocycles. The average molecular weight is 389 g/mol. The molecular weight excluding hydrogens is 373 g/mol. The molecule has 0 fully saturated rings. The molecule has 1 N–H and O–H groups in total. The van der Waals surface area contributed by atoms with Gasteiger partial charge in [0.15, 0.2) is 0 Å². The number of rotatable bonds is 5. The lowest BCUT2D eigenvalue weighted by Crippen LogP contribution is -2.30. The average Bonchev–Trinajstić information content (AvgIpc) is 3.24. The van der Waals surface area contributed by atoms with Gasteiger partial charge in [-0.25, -0.2) is 9.37 Å². The molecule has 6 heteroatoms. The van der Waals surface area contributed by atoms with E-state index in [0.29, 0.717) is 10.7 Å².